The second-order valence-electron chi connectivity index (χ2n) is 8.54. The lowest BCUT2D eigenvalue weighted by atomic mass is 10.1. The van der Waals surface area contributed by atoms with E-state index >= 15 is 0 Å². The fourth-order valence-corrected chi connectivity index (χ4v) is 4.84. The summed E-state index contributed by atoms with van der Waals surface area (Å²) in [7, 11) is -2.61. The molecule has 0 aliphatic carbocycles. The molecule has 0 fully saturated rings. The molecule has 0 bridgehead atoms. The van der Waals surface area contributed by atoms with Crippen molar-refractivity contribution >= 4 is 21.4 Å². The van der Waals surface area contributed by atoms with Crippen LogP contribution < -0.4 is 4.90 Å². The zero-order chi connectivity index (χ0) is 24.5. The molecule has 0 aromatic heterocycles. The van der Waals surface area contributed by atoms with Gasteiger partial charge in [0, 0.05) is 29.9 Å². The number of ketones is 1. The summed E-state index contributed by atoms with van der Waals surface area (Å²) < 4.78 is 12.9. The molecular formula is C31H28NO2S+. The van der Waals surface area contributed by atoms with E-state index in [1.165, 1.54) is 11.1 Å². The van der Waals surface area contributed by atoms with Gasteiger partial charge in [0.25, 0.3) is 0 Å². The summed E-state index contributed by atoms with van der Waals surface area (Å²) >= 11 is 0. The number of carbonyl (C=O) groups excluding carboxylic acids is 1. The van der Waals surface area contributed by atoms with Gasteiger partial charge in [0.15, 0.2) is 20.9 Å². The summed E-state index contributed by atoms with van der Waals surface area (Å²) in [6.07, 6.45) is 1.55. The van der Waals surface area contributed by atoms with Crippen molar-refractivity contribution in [1.29, 1.82) is 0 Å². The highest BCUT2D eigenvalue weighted by atomic mass is 32.2. The van der Waals surface area contributed by atoms with Crippen molar-refractivity contribution in [2.24, 2.45) is 0 Å². The zero-order valence-corrected chi connectivity index (χ0v) is 20.6. The van der Waals surface area contributed by atoms with Crippen molar-refractivity contribution in [1.82, 2.24) is 0 Å². The van der Waals surface area contributed by atoms with Gasteiger partial charge in [-0.05, 0) is 53.4 Å². The Bertz CT molecular complexity index is 1310. The van der Waals surface area contributed by atoms with E-state index in [9.17, 15) is 9.00 Å². The van der Waals surface area contributed by atoms with Crippen molar-refractivity contribution in [3.8, 4) is 11.2 Å². The average Bonchev–Trinajstić information content (AvgIpc) is 2.89. The molecule has 4 heteroatoms. The third-order valence-electron chi connectivity index (χ3n) is 5.58. The Morgan fingerprint density at radius 1 is 0.714 bits per heavy atom. The third kappa shape index (κ3) is 7.27. The molecule has 4 rings (SSSR count). The first kappa shape index (κ1) is 24.2. The van der Waals surface area contributed by atoms with Crippen LogP contribution in [0.2, 0.25) is 0 Å². The van der Waals surface area contributed by atoms with Crippen LogP contribution in [0.4, 0.5) is 5.69 Å². The minimum Gasteiger partial charge on any atom is -0.363 e. The summed E-state index contributed by atoms with van der Waals surface area (Å²) in [6, 6.07) is 37.6. The number of rotatable bonds is 8. The van der Waals surface area contributed by atoms with Crippen LogP contribution in [-0.4, -0.2) is 17.8 Å². The quantitative estimate of drug-likeness (QED) is 0.172. The van der Waals surface area contributed by atoms with Crippen LogP contribution in [0, 0.1) is 11.2 Å². The largest absolute Gasteiger partial charge is 0.363 e. The van der Waals surface area contributed by atoms with Crippen LogP contribution >= 0.6 is 0 Å². The minimum atomic E-state index is -2.61. The van der Waals surface area contributed by atoms with Gasteiger partial charge < -0.3 is 4.90 Å². The van der Waals surface area contributed by atoms with Crippen LogP contribution in [0.1, 0.15) is 27.0 Å². The maximum atomic E-state index is 12.9. The van der Waals surface area contributed by atoms with Crippen LogP contribution in [0.15, 0.2) is 115 Å². The standard InChI is InChI=1S/C31H28NO2S/c1-35(34,22-21-26-11-5-2-6-12-26)25-31(33)29-17-19-30(20-18-29)32(23-27-13-7-3-8-14-27)24-28-15-9-4-10-16-28/h2-20H,23-25H2,1H3/q+1. The van der Waals surface area contributed by atoms with Gasteiger partial charge in [0.05, 0.1) is 0 Å². The van der Waals surface area contributed by atoms with Gasteiger partial charge in [-0.1, -0.05) is 83.1 Å². The lowest BCUT2D eigenvalue weighted by Crippen LogP contribution is -2.22. The Morgan fingerprint density at radius 2 is 1.20 bits per heavy atom. The van der Waals surface area contributed by atoms with E-state index in [0.29, 0.717) is 5.56 Å². The molecule has 0 N–H and O–H groups in total. The smallest absolute Gasteiger partial charge is 0.212 e. The normalized spacial score (nSPS) is 12.1. The average molecular weight is 479 g/mol. The maximum absolute atomic E-state index is 12.9. The first-order valence-electron chi connectivity index (χ1n) is 11.5. The highest BCUT2D eigenvalue weighted by Gasteiger charge is 2.25. The Hall–Kier alpha value is -3.94. The Kier molecular flexibility index (Phi) is 7.92. The maximum Gasteiger partial charge on any atom is 0.212 e. The summed E-state index contributed by atoms with van der Waals surface area (Å²) in [6.45, 7) is 1.50. The predicted octanol–water partition coefficient (Wildman–Crippen LogP) is 6.21. The van der Waals surface area contributed by atoms with E-state index in [-0.39, 0.29) is 11.5 Å². The number of benzene rings is 4. The molecule has 1 unspecified atom stereocenters. The number of anilines is 1. The molecule has 0 radical (unpaired) electrons. The Balaban J connectivity index is 1.49. The summed E-state index contributed by atoms with van der Waals surface area (Å²) in [5, 5.41) is 2.81. The lowest BCUT2D eigenvalue weighted by molar-refractivity contribution is 0.102. The number of Topliss-reactive ketones (excluding diaryl/α,β-unsaturated/α-hetero) is 1. The first-order chi connectivity index (χ1) is 17.0. The molecule has 0 spiro atoms. The van der Waals surface area contributed by atoms with Gasteiger partial charge in [0.2, 0.25) is 5.78 Å². The monoisotopic (exact) mass is 478 g/mol. The van der Waals surface area contributed by atoms with Crippen molar-refractivity contribution in [2.45, 2.75) is 13.1 Å². The first-order valence-corrected chi connectivity index (χ1v) is 13.6. The molecule has 4 aromatic rings. The van der Waals surface area contributed by atoms with E-state index < -0.39 is 9.93 Å². The third-order valence-corrected chi connectivity index (χ3v) is 6.93. The van der Waals surface area contributed by atoms with Gasteiger partial charge in [0.1, 0.15) is 6.26 Å². The molecule has 35 heavy (non-hydrogen) atoms. The van der Waals surface area contributed by atoms with Gasteiger partial charge in [-0.3, -0.25) is 4.79 Å². The lowest BCUT2D eigenvalue weighted by Gasteiger charge is -2.25. The van der Waals surface area contributed by atoms with Crippen molar-refractivity contribution in [3.63, 3.8) is 0 Å². The molecule has 0 aliphatic heterocycles. The molecule has 3 nitrogen and oxygen atoms in total. The van der Waals surface area contributed by atoms with E-state index in [4.69, 9.17) is 0 Å². The second kappa shape index (κ2) is 11.5. The van der Waals surface area contributed by atoms with Crippen LogP contribution in [-0.2, 0) is 27.2 Å². The molecule has 0 saturated heterocycles. The molecule has 4 aromatic carbocycles. The SMILES string of the molecule is C[S+](=O)(C#Cc1ccccc1)CC(=O)c1ccc(N(Cc2ccccc2)Cc2ccccc2)cc1. The number of hydrogen-bond donors (Lipinski definition) is 0. The van der Waals surface area contributed by atoms with Gasteiger partial charge >= 0.3 is 0 Å². The summed E-state index contributed by atoms with van der Waals surface area (Å²) in [5.41, 5.74) is 4.79. The predicted molar refractivity (Wildman–Crippen MR) is 146 cm³/mol. The van der Waals surface area contributed by atoms with Gasteiger partial charge in [-0.2, -0.15) is 0 Å². The van der Waals surface area contributed by atoms with E-state index in [1.54, 1.807) is 6.26 Å². The highest BCUT2D eigenvalue weighted by Crippen LogP contribution is 2.22. The molecule has 0 heterocycles. The molecule has 0 saturated carbocycles. The second-order valence-corrected chi connectivity index (χ2v) is 11.0. The highest BCUT2D eigenvalue weighted by molar-refractivity contribution is 8.07. The summed E-state index contributed by atoms with van der Waals surface area (Å²) in [5.74, 6) is 2.67. The fourth-order valence-electron chi connectivity index (χ4n) is 3.76. The molecule has 0 aliphatic rings. The van der Waals surface area contributed by atoms with Crippen molar-refractivity contribution in [2.75, 3.05) is 16.9 Å². The van der Waals surface area contributed by atoms with Crippen LogP contribution in [0.3, 0.4) is 0 Å². The summed E-state index contributed by atoms with van der Waals surface area (Å²) in [4.78, 5) is 15.2. The van der Waals surface area contributed by atoms with Crippen molar-refractivity contribution in [3.05, 3.63) is 138 Å². The topological polar surface area (TPSA) is 37.4 Å². The number of carbonyl (C=O) groups is 1. The molecular weight excluding hydrogens is 450 g/mol. The van der Waals surface area contributed by atoms with E-state index in [2.05, 4.69) is 40.3 Å². The minimum absolute atomic E-state index is 0.0933. The molecule has 0 amide bonds. The molecule has 1 atom stereocenters. The van der Waals surface area contributed by atoms with Gasteiger partial charge in [-0.15, -0.1) is 0 Å². The van der Waals surface area contributed by atoms with E-state index in [1.807, 2.05) is 91.0 Å². The zero-order valence-electron chi connectivity index (χ0n) is 19.8. The van der Waals surface area contributed by atoms with E-state index in [0.717, 1.165) is 24.3 Å². The van der Waals surface area contributed by atoms with Crippen LogP contribution in [0.25, 0.3) is 0 Å². The fraction of sp³-hybridized carbons (Fsp3) is 0.129. The number of nitrogens with zero attached hydrogens (tertiary/aromatic N) is 1. The van der Waals surface area contributed by atoms with Gasteiger partial charge in [-0.25, -0.2) is 0 Å². The molecule has 174 valence electrons. The number of hydrogen-bond acceptors (Lipinski definition) is 3. The van der Waals surface area contributed by atoms with Crippen molar-refractivity contribution < 1.29 is 9.00 Å². The van der Waals surface area contributed by atoms with Crippen LogP contribution in [0.5, 0.6) is 0 Å². The Labute approximate surface area is 208 Å². The Morgan fingerprint density at radius 3 is 1.71 bits per heavy atom.